The number of thiazole rings is 1. The maximum absolute atomic E-state index is 8.74. The van der Waals surface area contributed by atoms with Gasteiger partial charge in [-0.05, 0) is 30.3 Å². The van der Waals surface area contributed by atoms with Crippen LogP contribution in [0, 0.1) is 22.7 Å². The van der Waals surface area contributed by atoms with E-state index in [2.05, 4.69) is 10.3 Å². The van der Waals surface area contributed by atoms with E-state index < -0.39 is 0 Å². The Labute approximate surface area is 136 Å². The number of nitrogen functional groups attached to an aromatic ring is 1. The molecule has 0 atom stereocenters. The summed E-state index contributed by atoms with van der Waals surface area (Å²) in [5, 5.41) is 21.3. The van der Waals surface area contributed by atoms with Crippen molar-refractivity contribution in [3.05, 3.63) is 54.2 Å². The number of nitrogens with one attached hydrogen (secondary N) is 1. The highest BCUT2D eigenvalue weighted by Gasteiger charge is 2.07. The summed E-state index contributed by atoms with van der Waals surface area (Å²) in [6.07, 6.45) is 1.39. The van der Waals surface area contributed by atoms with Gasteiger partial charge < -0.3 is 11.1 Å². The van der Waals surface area contributed by atoms with E-state index in [0.29, 0.717) is 5.69 Å². The number of nitrogens with zero attached hydrogens (tertiary/aromatic N) is 3. The average Bonchev–Trinajstić information content (AvgIpc) is 2.99. The van der Waals surface area contributed by atoms with E-state index in [1.54, 1.807) is 23.5 Å². The number of nitriles is 2. The van der Waals surface area contributed by atoms with Crippen molar-refractivity contribution >= 4 is 32.9 Å². The fourth-order valence-electron chi connectivity index (χ4n) is 2.05. The molecular weight excluding hydrogens is 306 g/mol. The van der Waals surface area contributed by atoms with Gasteiger partial charge in [-0.2, -0.15) is 10.5 Å². The van der Waals surface area contributed by atoms with Crippen LogP contribution in [0.1, 0.15) is 0 Å². The molecule has 0 bridgehead atoms. The summed E-state index contributed by atoms with van der Waals surface area (Å²) in [7, 11) is 0. The topological polar surface area (TPSA) is 98.5 Å². The Bertz CT molecular complexity index is 972. The minimum absolute atomic E-state index is 0.0193. The van der Waals surface area contributed by atoms with Crippen LogP contribution in [-0.2, 0) is 0 Å². The van der Waals surface area contributed by atoms with Crippen molar-refractivity contribution in [2.24, 2.45) is 0 Å². The minimum atomic E-state index is 0.0193. The zero-order valence-electron chi connectivity index (χ0n) is 11.9. The third-order valence-electron chi connectivity index (χ3n) is 3.15. The molecular formula is C17H11N5S. The predicted molar refractivity (Wildman–Crippen MR) is 92.4 cm³/mol. The molecule has 6 heteroatoms. The molecule has 110 valence electrons. The Morgan fingerprint density at radius 3 is 2.78 bits per heavy atom. The normalized spacial score (nSPS) is 9.83. The quantitative estimate of drug-likeness (QED) is 0.564. The molecule has 0 saturated carbocycles. The highest BCUT2D eigenvalue weighted by molar-refractivity contribution is 7.21. The Hall–Kier alpha value is -3.35. The van der Waals surface area contributed by atoms with Crippen LogP contribution < -0.4 is 11.1 Å². The average molecular weight is 317 g/mol. The second-order valence-electron chi connectivity index (χ2n) is 4.75. The van der Waals surface area contributed by atoms with Crippen LogP contribution in [-0.4, -0.2) is 4.98 Å². The lowest BCUT2D eigenvalue weighted by Crippen LogP contribution is -1.90. The number of allylic oxidation sites excluding steroid dienone is 1. The largest absolute Gasteiger partial charge is 0.399 e. The number of hydrogen-bond donors (Lipinski definition) is 2. The third kappa shape index (κ3) is 3.13. The molecule has 1 aromatic heterocycles. The molecule has 5 nitrogen and oxygen atoms in total. The molecule has 23 heavy (non-hydrogen) atoms. The lowest BCUT2D eigenvalue weighted by molar-refractivity contribution is 1.44. The molecule has 2 aromatic carbocycles. The van der Waals surface area contributed by atoms with E-state index in [-0.39, 0.29) is 5.57 Å². The molecule has 0 aliphatic carbocycles. The van der Waals surface area contributed by atoms with Gasteiger partial charge in [0, 0.05) is 23.1 Å². The lowest BCUT2D eigenvalue weighted by atomic mass is 10.2. The number of rotatable bonds is 3. The Morgan fingerprint density at radius 2 is 2.00 bits per heavy atom. The predicted octanol–water partition coefficient (Wildman–Crippen LogP) is 3.89. The summed E-state index contributed by atoms with van der Waals surface area (Å²) in [4.78, 5) is 4.61. The summed E-state index contributed by atoms with van der Waals surface area (Å²) in [5.41, 5.74) is 9.19. The molecule has 0 radical (unpaired) electrons. The fourth-order valence-corrected chi connectivity index (χ4v) is 3.06. The van der Waals surface area contributed by atoms with Crippen molar-refractivity contribution < 1.29 is 0 Å². The van der Waals surface area contributed by atoms with E-state index in [4.69, 9.17) is 16.3 Å². The van der Waals surface area contributed by atoms with Crippen molar-refractivity contribution in [2.45, 2.75) is 0 Å². The van der Waals surface area contributed by atoms with E-state index in [1.807, 2.05) is 42.5 Å². The van der Waals surface area contributed by atoms with E-state index in [1.165, 1.54) is 6.20 Å². The SMILES string of the molecule is N#CC(C#N)=CNc1cccc(-c2nc3ccc(N)cc3s2)c1. The summed E-state index contributed by atoms with van der Waals surface area (Å²) in [6.45, 7) is 0. The molecule has 3 N–H and O–H groups in total. The van der Waals surface area contributed by atoms with Gasteiger partial charge in [-0.25, -0.2) is 4.98 Å². The van der Waals surface area contributed by atoms with Crippen molar-refractivity contribution in [3.63, 3.8) is 0 Å². The van der Waals surface area contributed by atoms with Crippen molar-refractivity contribution in [1.82, 2.24) is 4.98 Å². The summed E-state index contributed by atoms with van der Waals surface area (Å²) in [5.74, 6) is 0. The van der Waals surface area contributed by atoms with Gasteiger partial charge in [0.25, 0.3) is 0 Å². The van der Waals surface area contributed by atoms with E-state index in [9.17, 15) is 0 Å². The van der Waals surface area contributed by atoms with Gasteiger partial charge in [0.15, 0.2) is 0 Å². The number of fused-ring (bicyclic) bond motifs is 1. The number of anilines is 2. The van der Waals surface area contributed by atoms with Gasteiger partial charge in [0.1, 0.15) is 22.7 Å². The van der Waals surface area contributed by atoms with Gasteiger partial charge in [0.2, 0.25) is 0 Å². The molecule has 0 spiro atoms. The van der Waals surface area contributed by atoms with Gasteiger partial charge in [-0.1, -0.05) is 12.1 Å². The van der Waals surface area contributed by atoms with Crippen LogP contribution in [0.5, 0.6) is 0 Å². The third-order valence-corrected chi connectivity index (χ3v) is 4.21. The van der Waals surface area contributed by atoms with Gasteiger partial charge >= 0.3 is 0 Å². The van der Waals surface area contributed by atoms with Gasteiger partial charge in [-0.3, -0.25) is 0 Å². The smallest absolute Gasteiger partial charge is 0.145 e. The van der Waals surface area contributed by atoms with Crippen LogP contribution in [0.4, 0.5) is 11.4 Å². The molecule has 0 fully saturated rings. The Kier molecular flexibility index (Phi) is 3.92. The van der Waals surface area contributed by atoms with E-state index in [0.717, 1.165) is 26.5 Å². The first kappa shape index (κ1) is 14.6. The lowest BCUT2D eigenvalue weighted by Gasteiger charge is -2.02. The van der Waals surface area contributed by atoms with Crippen LogP contribution in [0.15, 0.2) is 54.2 Å². The molecule has 3 aromatic rings. The second kappa shape index (κ2) is 6.18. The second-order valence-corrected chi connectivity index (χ2v) is 5.78. The Balaban J connectivity index is 1.94. The molecule has 0 unspecified atom stereocenters. The van der Waals surface area contributed by atoms with Crippen molar-refractivity contribution in [2.75, 3.05) is 11.1 Å². The maximum atomic E-state index is 8.74. The highest BCUT2D eigenvalue weighted by Crippen LogP contribution is 2.32. The number of aromatic nitrogens is 1. The number of nitrogens with two attached hydrogens (primary N) is 1. The zero-order valence-corrected chi connectivity index (χ0v) is 12.8. The standard InChI is InChI=1S/C17H11N5S/c18-8-11(9-19)10-21-14-3-1-2-12(6-14)17-22-15-5-4-13(20)7-16(15)23-17/h1-7,10,21H,20H2. The van der Waals surface area contributed by atoms with Crippen LogP contribution in [0.3, 0.4) is 0 Å². The first-order valence-corrected chi connectivity index (χ1v) is 7.54. The maximum Gasteiger partial charge on any atom is 0.145 e. The molecule has 0 amide bonds. The first-order chi connectivity index (χ1) is 11.2. The monoisotopic (exact) mass is 317 g/mol. The van der Waals surface area contributed by atoms with Crippen LogP contribution in [0.25, 0.3) is 20.8 Å². The minimum Gasteiger partial charge on any atom is -0.399 e. The van der Waals surface area contributed by atoms with Crippen LogP contribution in [0.2, 0.25) is 0 Å². The highest BCUT2D eigenvalue weighted by atomic mass is 32.1. The summed E-state index contributed by atoms with van der Waals surface area (Å²) >= 11 is 1.57. The fraction of sp³-hybridized carbons (Fsp3) is 0. The van der Waals surface area contributed by atoms with Gasteiger partial charge in [0.05, 0.1) is 10.2 Å². The zero-order chi connectivity index (χ0) is 16.2. The molecule has 3 rings (SSSR count). The van der Waals surface area contributed by atoms with Crippen molar-refractivity contribution in [3.8, 4) is 22.7 Å². The first-order valence-electron chi connectivity index (χ1n) is 6.73. The number of benzene rings is 2. The van der Waals surface area contributed by atoms with Crippen molar-refractivity contribution in [1.29, 1.82) is 10.5 Å². The van der Waals surface area contributed by atoms with Crippen LogP contribution >= 0.6 is 11.3 Å². The van der Waals surface area contributed by atoms with E-state index >= 15 is 0 Å². The van der Waals surface area contributed by atoms with Gasteiger partial charge in [-0.15, -0.1) is 11.3 Å². The molecule has 0 aliphatic heterocycles. The molecule has 0 aliphatic rings. The summed E-state index contributed by atoms with van der Waals surface area (Å²) < 4.78 is 1.04. The Morgan fingerprint density at radius 1 is 1.17 bits per heavy atom. The number of hydrogen-bond acceptors (Lipinski definition) is 6. The molecule has 1 heterocycles. The summed E-state index contributed by atoms with van der Waals surface area (Å²) in [6, 6.07) is 16.9. The molecule has 0 saturated heterocycles.